The van der Waals surface area contributed by atoms with Gasteiger partial charge in [0.05, 0.1) is 25.2 Å². The Labute approximate surface area is 201 Å². The van der Waals surface area contributed by atoms with Crippen molar-refractivity contribution in [3.05, 3.63) is 89.0 Å². The van der Waals surface area contributed by atoms with E-state index in [1.54, 1.807) is 13.2 Å². The molecule has 0 fully saturated rings. The van der Waals surface area contributed by atoms with Gasteiger partial charge in [0.15, 0.2) is 0 Å². The number of anilines is 1. The maximum atomic E-state index is 11.5. The molecule has 4 N–H and O–H groups in total. The van der Waals surface area contributed by atoms with E-state index in [1.165, 1.54) is 17.7 Å². The fourth-order valence-electron chi connectivity index (χ4n) is 3.89. The van der Waals surface area contributed by atoms with Gasteiger partial charge in [0, 0.05) is 12.6 Å². The van der Waals surface area contributed by atoms with Crippen LogP contribution in [0.5, 0.6) is 11.5 Å². The summed E-state index contributed by atoms with van der Waals surface area (Å²) in [6.07, 6.45) is 1.35. The Balaban J connectivity index is 1.72. The van der Waals surface area contributed by atoms with Crippen LogP contribution < -0.4 is 14.8 Å². The van der Waals surface area contributed by atoms with Crippen molar-refractivity contribution in [3.8, 4) is 11.5 Å². The number of nitrogens with one attached hydrogen (secondary N) is 2. The van der Waals surface area contributed by atoms with Crippen molar-refractivity contribution in [3.63, 3.8) is 0 Å². The number of aliphatic hydroxyl groups is 1. The molecular weight excluding hydrogens is 452 g/mol. The lowest BCUT2D eigenvalue weighted by molar-refractivity contribution is 0.167. The van der Waals surface area contributed by atoms with Gasteiger partial charge in [-0.15, -0.1) is 0 Å². The monoisotopic (exact) mass is 484 g/mol. The molecule has 0 aromatic heterocycles. The Bertz CT molecular complexity index is 1200. The standard InChI is InChI=1S/C26H32N2O5S/c1-18-13-21(10-12-26(18)33-2)23(15-19-7-5-4-6-8-19)27-17-22(29)14-20-9-11-25(30)24(16-20)28-34(3,31)32/h4-13,16,22-23,27-30H,14-15,17H2,1-3H3. The largest absolute Gasteiger partial charge is 0.506 e. The minimum atomic E-state index is -3.53. The summed E-state index contributed by atoms with van der Waals surface area (Å²) in [5.41, 5.74) is 4.11. The van der Waals surface area contributed by atoms with Gasteiger partial charge in [0.1, 0.15) is 11.5 Å². The highest BCUT2D eigenvalue weighted by molar-refractivity contribution is 7.92. The molecule has 3 aromatic rings. The summed E-state index contributed by atoms with van der Waals surface area (Å²) in [5.74, 6) is 0.660. The average Bonchev–Trinajstić information content (AvgIpc) is 2.78. The van der Waals surface area contributed by atoms with Crippen LogP contribution in [0.15, 0.2) is 66.7 Å². The van der Waals surface area contributed by atoms with Gasteiger partial charge < -0.3 is 20.3 Å². The second-order valence-corrected chi connectivity index (χ2v) is 10.2. The fourth-order valence-corrected chi connectivity index (χ4v) is 4.45. The van der Waals surface area contributed by atoms with Crippen LogP contribution in [0.2, 0.25) is 0 Å². The molecule has 182 valence electrons. The highest BCUT2D eigenvalue weighted by atomic mass is 32.2. The van der Waals surface area contributed by atoms with Gasteiger partial charge in [0.2, 0.25) is 10.0 Å². The maximum absolute atomic E-state index is 11.5. The van der Waals surface area contributed by atoms with Crippen molar-refractivity contribution in [2.24, 2.45) is 0 Å². The first kappa shape index (κ1) is 25.6. The molecule has 0 aliphatic carbocycles. The van der Waals surface area contributed by atoms with E-state index in [9.17, 15) is 18.6 Å². The van der Waals surface area contributed by atoms with Gasteiger partial charge in [-0.1, -0.05) is 48.5 Å². The summed E-state index contributed by atoms with van der Waals surface area (Å²) in [5, 5.41) is 24.1. The zero-order valence-electron chi connectivity index (χ0n) is 19.7. The number of phenolic OH excluding ortho intramolecular Hbond substituents is 1. The molecule has 0 saturated heterocycles. The summed E-state index contributed by atoms with van der Waals surface area (Å²) in [7, 11) is -1.88. The summed E-state index contributed by atoms with van der Waals surface area (Å²) in [6.45, 7) is 2.34. The number of hydrogen-bond acceptors (Lipinski definition) is 6. The molecule has 0 amide bonds. The van der Waals surface area contributed by atoms with Crippen LogP contribution in [0.1, 0.15) is 28.3 Å². The normalized spacial score (nSPS) is 13.3. The van der Waals surface area contributed by atoms with E-state index in [4.69, 9.17) is 4.74 Å². The number of aromatic hydroxyl groups is 1. The van der Waals surface area contributed by atoms with E-state index in [2.05, 4.69) is 28.2 Å². The number of rotatable bonds is 11. The molecule has 0 radical (unpaired) electrons. The molecule has 34 heavy (non-hydrogen) atoms. The average molecular weight is 485 g/mol. The minimum Gasteiger partial charge on any atom is -0.506 e. The summed E-state index contributed by atoms with van der Waals surface area (Å²) in [4.78, 5) is 0. The smallest absolute Gasteiger partial charge is 0.229 e. The number of ether oxygens (including phenoxy) is 1. The molecule has 3 aromatic carbocycles. The first-order valence-corrected chi connectivity index (χ1v) is 12.9. The number of benzene rings is 3. The van der Waals surface area contributed by atoms with Crippen LogP contribution in [0.3, 0.4) is 0 Å². The number of aryl methyl sites for hydroxylation is 1. The Kier molecular flexibility index (Phi) is 8.55. The summed E-state index contributed by atoms with van der Waals surface area (Å²) in [6, 6.07) is 20.8. The van der Waals surface area contributed by atoms with Crippen LogP contribution >= 0.6 is 0 Å². The predicted molar refractivity (Wildman–Crippen MR) is 135 cm³/mol. The number of phenols is 1. The Morgan fingerprint density at radius 2 is 1.71 bits per heavy atom. The number of sulfonamides is 1. The van der Waals surface area contributed by atoms with Gasteiger partial charge in [0.25, 0.3) is 0 Å². The third kappa shape index (κ3) is 7.48. The van der Waals surface area contributed by atoms with E-state index in [1.807, 2.05) is 37.3 Å². The highest BCUT2D eigenvalue weighted by Crippen LogP contribution is 2.27. The van der Waals surface area contributed by atoms with E-state index in [0.29, 0.717) is 18.5 Å². The number of aliphatic hydroxyl groups excluding tert-OH is 1. The first-order valence-electron chi connectivity index (χ1n) is 11.0. The van der Waals surface area contributed by atoms with Crippen molar-refractivity contribution >= 4 is 15.7 Å². The Morgan fingerprint density at radius 3 is 2.35 bits per heavy atom. The molecular formula is C26H32N2O5S. The van der Waals surface area contributed by atoms with Crippen LogP contribution in [-0.4, -0.2) is 44.6 Å². The van der Waals surface area contributed by atoms with Crippen molar-refractivity contribution in [1.82, 2.24) is 5.32 Å². The van der Waals surface area contributed by atoms with Crippen molar-refractivity contribution in [1.29, 1.82) is 0 Å². The molecule has 0 bridgehead atoms. The molecule has 0 heterocycles. The minimum absolute atomic E-state index is 0.0241. The molecule has 0 spiro atoms. The summed E-state index contributed by atoms with van der Waals surface area (Å²) < 4.78 is 30.7. The third-order valence-electron chi connectivity index (χ3n) is 5.53. The highest BCUT2D eigenvalue weighted by Gasteiger charge is 2.17. The maximum Gasteiger partial charge on any atom is 0.229 e. The summed E-state index contributed by atoms with van der Waals surface area (Å²) >= 11 is 0. The van der Waals surface area contributed by atoms with E-state index >= 15 is 0 Å². The van der Waals surface area contributed by atoms with E-state index in [-0.39, 0.29) is 17.5 Å². The molecule has 0 aliphatic heterocycles. The zero-order valence-corrected chi connectivity index (χ0v) is 20.5. The first-order chi connectivity index (χ1) is 16.1. The molecule has 8 heteroatoms. The van der Waals surface area contributed by atoms with Gasteiger partial charge in [-0.05, 0) is 60.2 Å². The van der Waals surface area contributed by atoms with Gasteiger partial charge in [-0.3, -0.25) is 4.72 Å². The lowest BCUT2D eigenvalue weighted by Crippen LogP contribution is -2.32. The number of hydrogen-bond donors (Lipinski definition) is 4. The van der Waals surface area contributed by atoms with Crippen molar-refractivity contribution in [2.75, 3.05) is 24.6 Å². The SMILES string of the molecule is COc1ccc(C(Cc2ccccc2)NCC(O)Cc2ccc(O)c(NS(C)(=O)=O)c2)cc1C. The molecule has 0 aliphatic rings. The molecule has 2 unspecified atom stereocenters. The second-order valence-electron chi connectivity index (χ2n) is 8.46. The number of methoxy groups -OCH3 is 1. The second kappa shape index (κ2) is 11.4. The lowest BCUT2D eigenvalue weighted by atomic mass is 9.96. The Morgan fingerprint density at radius 1 is 0.971 bits per heavy atom. The molecule has 7 nitrogen and oxygen atoms in total. The van der Waals surface area contributed by atoms with Gasteiger partial charge in [-0.2, -0.15) is 0 Å². The van der Waals surface area contributed by atoms with Crippen molar-refractivity contribution < 1.29 is 23.4 Å². The van der Waals surface area contributed by atoms with Crippen LogP contribution in [-0.2, 0) is 22.9 Å². The quantitative estimate of drug-likeness (QED) is 0.310. The zero-order chi connectivity index (χ0) is 24.7. The van der Waals surface area contributed by atoms with E-state index < -0.39 is 16.1 Å². The van der Waals surface area contributed by atoms with Crippen LogP contribution in [0.25, 0.3) is 0 Å². The van der Waals surface area contributed by atoms with E-state index in [0.717, 1.165) is 29.6 Å². The fraction of sp³-hybridized carbons (Fsp3) is 0.308. The van der Waals surface area contributed by atoms with Crippen molar-refractivity contribution in [2.45, 2.75) is 31.9 Å². The van der Waals surface area contributed by atoms with Crippen LogP contribution in [0, 0.1) is 6.92 Å². The topological polar surface area (TPSA) is 108 Å². The van der Waals surface area contributed by atoms with Crippen LogP contribution in [0.4, 0.5) is 5.69 Å². The van der Waals surface area contributed by atoms with Gasteiger partial charge in [-0.25, -0.2) is 8.42 Å². The lowest BCUT2D eigenvalue weighted by Gasteiger charge is -2.23. The predicted octanol–water partition coefficient (Wildman–Crippen LogP) is 3.56. The third-order valence-corrected chi connectivity index (χ3v) is 6.12. The molecule has 2 atom stereocenters. The molecule has 0 saturated carbocycles. The Hall–Kier alpha value is -3.07. The van der Waals surface area contributed by atoms with Gasteiger partial charge >= 0.3 is 0 Å². The molecule has 3 rings (SSSR count).